The molecule has 2 heterocycles. The molecule has 2 aromatic rings. The first-order valence-corrected chi connectivity index (χ1v) is 4.06. The molecule has 0 aromatic carbocycles. The van der Waals surface area contributed by atoms with Gasteiger partial charge >= 0.3 is 0 Å². The van der Waals surface area contributed by atoms with Crippen LogP contribution in [0.1, 0.15) is 10.4 Å². The van der Waals surface area contributed by atoms with Crippen LogP contribution in [-0.4, -0.2) is 15.7 Å². The number of rotatable bonds is 2. The summed E-state index contributed by atoms with van der Waals surface area (Å²) in [5.41, 5.74) is 6.16. The second-order valence-corrected chi connectivity index (χ2v) is 2.87. The van der Waals surface area contributed by atoms with Gasteiger partial charge in [0.25, 0.3) is 5.91 Å². The van der Waals surface area contributed by atoms with Crippen molar-refractivity contribution >= 4 is 5.91 Å². The van der Waals surface area contributed by atoms with Gasteiger partial charge in [-0.3, -0.25) is 9.48 Å². The van der Waals surface area contributed by atoms with Gasteiger partial charge in [-0.1, -0.05) is 0 Å². The Morgan fingerprint density at radius 3 is 3.00 bits per heavy atom. The Morgan fingerprint density at radius 2 is 2.43 bits per heavy atom. The molecule has 0 bridgehead atoms. The van der Waals surface area contributed by atoms with Crippen LogP contribution in [0.3, 0.4) is 0 Å². The lowest BCUT2D eigenvalue weighted by molar-refractivity contribution is 0.100. The zero-order valence-corrected chi connectivity index (χ0v) is 7.60. The van der Waals surface area contributed by atoms with E-state index < -0.39 is 5.91 Å². The summed E-state index contributed by atoms with van der Waals surface area (Å²) in [6.45, 7) is 0. The van der Waals surface area contributed by atoms with E-state index in [2.05, 4.69) is 5.10 Å². The molecule has 2 N–H and O–H groups in total. The number of aryl methyl sites for hydroxylation is 1. The average Bonchev–Trinajstić information content (AvgIpc) is 2.71. The number of hydrogen-bond acceptors (Lipinski definition) is 3. The molecule has 0 saturated heterocycles. The molecule has 2 rings (SSSR count). The molecular formula is C9H9N3O2. The highest BCUT2D eigenvalue weighted by molar-refractivity contribution is 5.98. The molecule has 0 saturated carbocycles. The Labute approximate surface area is 80.1 Å². The van der Waals surface area contributed by atoms with E-state index in [0.29, 0.717) is 17.0 Å². The number of amides is 1. The predicted octanol–water partition coefficient (Wildman–Crippen LogP) is 0.779. The SMILES string of the molecule is Cn1ncc(C(N)=O)c1-c1ccco1. The summed E-state index contributed by atoms with van der Waals surface area (Å²) < 4.78 is 6.74. The zero-order valence-electron chi connectivity index (χ0n) is 7.60. The fourth-order valence-corrected chi connectivity index (χ4v) is 1.32. The zero-order chi connectivity index (χ0) is 10.1. The number of aromatic nitrogens is 2. The minimum atomic E-state index is -0.510. The predicted molar refractivity (Wildman–Crippen MR) is 49.4 cm³/mol. The van der Waals surface area contributed by atoms with E-state index in [1.165, 1.54) is 12.5 Å². The number of nitrogens with two attached hydrogens (primary N) is 1. The monoisotopic (exact) mass is 191 g/mol. The van der Waals surface area contributed by atoms with Crippen molar-refractivity contribution in [2.45, 2.75) is 0 Å². The normalized spacial score (nSPS) is 10.4. The highest BCUT2D eigenvalue weighted by Crippen LogP contribution is 2.22. The molecule has 0 atom stereocenters. The molecule has 2 aromatic heterocycles. The number of furan rings is 1. The van der Waals surface area contributed by atoms with Crippen molar-refractivity contribution in [1.29, 1.82) is 0 Å². The maximum Gasteiger partial charge on any atom is 0.252 e. The number of carbonyl (C=O) groups excluding carboxylic acids is 1. The first-order chi connectivity index (χ1) is 6.70. The highest BCUT2D eigenvalue weighted by Gasteiger charge is 2.16. The van der Waals surface area contributed by atoms with Gasteiger partial charge in [0.2, 0.25) is 0 Å². The molecular weight excluding hydrogens is 182 g/mol. The Hall–Kier alpha value is -2.04. The molecule has 5 heteroatoms. The molecule has 0 fully saturated rings. The van der Waals surface area contributed by atoms with Gasteiger partial charge in [0.1, 0.15) is 5.69 Å². The van der Waals surface area contributed by atoms with Gasteiger partial charge in [0, 0.05) is 7.05 Å². The minimum absolute atomic E-state index is 0.363. The summed E-state index contributed by atoms with van der Waals surface area (Å²) in [7, 11) is 1.73. The molecule has 0 radical (unpaired) electrons. The van der Waals surface area contributed by atoms with Crippen LogP contribution < -0.4 is 5.73 Å². The van der Waals surface area contributed by atoms with Crippen LogP contribution in [-0.2, 0) is 7.05 Å². The van der Waals surface area contributed by atoms with E-state index in [9.17, 15) is 4.79 Å². The third kappa shape index (κ3) is 1.19. The molecule has 1 amide bonds. The van der Waals surface area contributed by atoms with E-state index in [1.54, 1.807) is 23.9 Å². The van der Waals surface area contributed by atoms with Crippen LogP contribution in [0.25, 0.3) is 11.5 Å². The summed E-state index contributed by atoms with van der Waals surface area (Å²) >= 11 is 0. The lowest BCUT2D eigenvalue weighted by atomic mass is 10.2. The topological polar surface area (TPSA) is 74.1 Å². The standard InChI is InChI=1S/C9H9N3O2/c1-12-8(7-3-2-4-14-7)6(5-11-12)9(10)13/h2-5H,1H3,(H2,10,13). The van der Waals surface area contributed by atoms with Crippen LogP contribution in [0.5, 0.6) is 0 Å². The number of hydrogen-bond donors (Lipinski definition) is 1. The van der Waals surface area contributed by atoms with E-state index in [1.807, 2.05) is 0 Å². The van der Waals surface area contributed by atoms with Crippen molar-refractivity contribution in [3.05, 3.63) is 30.2 Å². The van der Waals surface area contributed by atoms with Crippen molar-refractivity contribution in [3.8, 4) is 11.5 Å². The molecule has 0 aliphatic rings. The maximum atomic E-state index is 11.1. The van der Waals surface area contributed by atoms with Crippen molar-refractivity contribution in [3.63, 3.8) is 0 Å². The van der Waals surface area contributed by atoms with Gasteiger partial charge in [0.05, 0.1) is 18.0 Å². The molecule has 5 nitrogen and oxygen atoms in total. The van der Waals surface area contributed by atoms with E-state index in [4.69, 9.17) is 10.2 Å². The minimum Gasteiger partial charge on any atom is -0.463 e. The van der Waals surface area contributed by atoms with Crippen molar-refractivity contribution in [2.24, 2.45) is 12.8 Å². The van der Waals surface area contributed by atoms with E-state index >= 15 is 0 Å². The molecule has 72 valence electrons. The quantitative estimate of drug-likeness (QED) is 0.762. The summed E-state index contributed by atoms with van der Waals surface area (Å²) in [4.78, 5) is 11.1. The van der Waals surface area contributed by atoms with Crippen LogP contribution in [0.15, 0.2) is 29.0 Å². The second-order valence-electron chi connectivity index (χ2n) is 2.87. The van der Waals surface area contributed by atoms with Crippen LogP contribution in [0.4, 0.5) is 0 Å². The summed E-state index contributed by atoms with van der Waals surface area (Å²) in [6, 6.07) is 3.50. The van der Waals surface area contributed by atoms with Crippen LogP contribution in [0, 0.1) is 0 Å². The Kier molecular flexibility index (Phi) is 1.85. The van der Waals surface area contributed by atoms with Crippen LogP contribution >= 0.6 is 0 Å². The van der Waals surface area contributed by atoms with Crippen molar-refractivity contribution in [2.75, 3.05) is 0 Å². The summed E-state index contributed by atoms with van der Waals surface area (Å²) in [5.74, 6) is 0.0725. The first kappa shape index (κ1) is 8.55. The van der Waals surface area contributed by atoms with Gasteiger partial charge < -0.3 is 10.2 Å². The largest absolute Gasteiger partial charge is 0.463 e. The number of nitrogens with zero attached hydrogens (tertiary/aromatic N) is 2. The second kappa shape index (κ2) is 3.02. The Morgan fingerprint density at radius 1 is 1.64 bits per heavy atom. The van der Waals surface area contributed by atoms with Crippen molar-refractivity contribution < 1.29 is 9.21 Å². The van der Waals surface area contributed by atoms with E-state index in [-0.39, 0.29) is 0 Å². The molecule has 0 spiro atoms. The summed E-state index contributed by atoms with van der Waals surface area (Å²) in [5, 5.41) is 3.95. The number of carbonyl (C=O) groups is 1. The van der Waals surface area contributed by atoms with Crippen molar-refractivity contribution in [1.82, 2.24) is 9.78 Å². The smallest absolute Gasteiger partial charge is 0.252 e. The first-order valence-electron chi connectivity index (χ1n) is 4.06. The van der Waals surface area contributed by atoms with E-state index in [0.717, 1.165) is 0 Å². The van der Waals surface area contributed by atoms with Gasteiger partial charge in [-0.15, -0.1) is 0 Å². The van der Waals surface area contributed by atoms with Gasteiger partial charge in [-0.05, 0) is 12.1 Å². The third-order valence-corrected chi connectivity index (χ3v) is 1.96. The molecule has 14 heavy (non-hydrogen) atoms. The fraction of sp³-hybridized carbons (Fsp3) is 0.111. The maximum absolute atomic E-state index is 11.1. The average molecular weight is 191 g/mol. The van der Waals surface area contributed by atoms with Gasteiger partial charge in [-0.25, -0.2) is 0 Å². The third-order valence-electron chi connectivity index (χ3n) is 1.96. The van der Waals surface area contributed by atoms with Crippen LogP contribution in [0.2, 0.25) is 0 Å². The Balaban J connectivity index is 2.62. The highest BCUT2D eigenvalue weighted by atomic mass is 16.3. The number of primary amides is 1. The Bertz CT molecular complexity index is 456. The molecule has 0 aliphatic carbocycles. The van der Waals surface area contributed by atoms with Gasteiger partial charge in [0.15, 0.2) is 5.76 Å². The summed E-state index contributed by atoms with van der Waals surface area (Å²) in [6.07, 6.45) is 2.97. The molecule has 0 unspecified atom stereocenters. The lowest BCUT2D eigenvalue weighted by Crippen LogP contribution is -2.11. The lowest BCUT2D eigenvalue weighted by Gasteiger charge is -1.99. The molecule has 0 aliphatic heterocycles. The van der Waals surface area contributed by atoms with Gasteiger partial charge in [-0.2, -0.15) is 5.10 Å². The fourth-order valence-electron chi connectivity index (χ4n) is 1.32.